The smallest absolute Gasteiger partial charge is 0.408 e. The van der Waals surface area contributed by atoms with Crippen LogP contribution in [0.5, 0.6) is 0 Å². The molecule has 0 spiro atoms. The van der Waals surface area contributed by atoms with E-state index in [0.717, 1.165) is 6.07 Å². The van der Waals surface area contributed by atoms with E-state index in [1.54, 1.807) is 20.8 Å². The lowest BCUT2D eigenvalue weighted by atomic mass is 10.0. The lowest BCUT2D eigenvalue weighted by molar-refractivity contribution is -0.139. The molecule has 0 saturated heterocycles. The van der Waals surface area contributed by atoms with Crippen LogP contribution in [0, 0.1) is 11.6 Å². The average molecular weight is 329 g/mol. The normalized spacial score (nSPS) is 12.6. The molecule has 1 rings (SSSR count). The summed E-state index contributed by atoms with van der Waals surface area (Å²) < 4.78 is 31.1. The van der Waals surface area contributed by atoms with Gasteiger partial charge >= 0.3 is 12.1 Å². The third kappa shape index (κ3) is 7.58. The number of alkyl carbamates (subject to hydrolysis) is 1. The summed E-state index contributed by atoms with van der Waals surface area (Å²) in [5, 5.41) is 11.4. The number of benzene rings is 1. The Balaban J connectivity index is 2.53. The Morgan fingerprint density at radius 2 is 1.78 bits per heavy atom. The lowest BCUT2D eigenvalue weighted by Crippen LogP contribution is -2.43. The first-order chi connectivity index (χ1) is 10.6. The lowest BCUT2D eigenvalue weighted by Gasteiger charge is -2.22. The molecule has 0 heterocycles. The molecular formula is C16H21F2NO4. The number of hydrogen-bond acceptors (Lipinski definition) is 3. The van der Waals surface area contributed by atoms with Crippen molar-refractivity contribution >= 4 is 12.1 Å². The second kappa shape index (κ2) is 7.89. The van der Waals surface area contributed by atoms with Crippen molar-refractivity contribution in [2.45, 2.75) is 51.7 Å². The van der Waals surface area contributed by atoms with Gasteiger partial charge in [-0.2, -0.15) is 0 Å². The van der Waals surface area contributed by atoms with Crippen molar-refractivity contribution in [3.63, 3.8) is 0 Å². The van der Waals surface area contributed by atoms with Gasteiger partial charge in [0.2, 0.25) is 0 Å². The molecule has 23 heavy (non-hydrogen) atoms. The number of halogens is 2. The number of aryl methyl sites for hydroxylation is 1. The third-order valence-corrected chi connectivity index (χ3v) is 2.87. The summed E-state index contributed by atoms with van der Waals surface area (Å²) in [6, 6.07) is 2.04. The van der Waals surface area contributed by atoms with Gasteiger partial charge in [0.05, 0.1) is 0 Å². The molecule has 0 aliphatic rings. The summed E-state index contributed by atoms with van der Waals surface area (Å²) in [7, 11) is 0. The van der Waals surface area contributed by atoms with E-state index in [4.69, 9.17) is 9.84 Å². The largest absolute Gasteiger partial charge is 0.480 e. The molecule has 1 aromatic rings. The van der Waals surface area contributed by atoms with Gasteiger partial charge in [0.15, 0.2) is 0 Å². The second-order valence-electron chi connectivity index (χ2n) is 6.21. The van der Waals surface area contributed by atoms with Crippen LogP contribution < -0.4 is 5.32 Å². The van der Waals surface area contributed by atoms with Crippen molar-refractivity contribution in [3.8, 4) is 0 Å². The van der Waals surface area contributed by atoms with Crippen LogP contribution in [0.3, 0.4) is 0 Å². The highest BCUT2D eigenvalue weighted by Crippen LogP contribution is 2.12. The van der Waals surface area contributed by atoms with Crippen LogP contribution in [0.4, 0.5) is 13.6 Å². The Kier molecular flexibility index (Phi) is 6.48. The molecule has 128 valence electrons. The molecule has 0 aromatic heterocycles. The molecule has 1 amide bonds. The Morgan fingerprint density at radius 1 is 1.22 bits per heavy atom. The van der Waals surface area contributed by atoms with Crippen molar-refractivity contribution in [1.29, 1.82) is 0 Å². The number of carbonyl (C=O) groups is 2. The van der Waals surface area contributed by atoms with E-state index < -0.39 is 35.3 Å². The predicted molar refractivity (Wildman–Crippen MR) is 80.1 cm³/mol. The van der Waals surface area contributed by atoms with Crippen LogP contribution in [0.2, 0.25) is 0 Å². The molecule has 0 aliphatic carbocycles. The fourth-order valence-electron chi connectivity index (χ4n) is 1.97. The van der Waals surface area contributed by atoms with Gasteiger partial charge in [-0.25, -0.2) is 18.4 Å². The summed E-state index contributed by atoms with van der Waals surface area (Å²) in [5.41, 5.74) is -0.296. The number of ether oxygens (including phenoxy) is 1. The fourth-order valence-corrected chi connectivity index (χ4v) is 1.97. The Morgan fingerprint density at radius 3 is 2.26 bits per heavy atom. The van der Waals surface area contributed by atoms with Gasteiger partial charge in [-0.15, -0.1) is 0 Å². The maximum Gasteiger partial charge on any atom is 0.408 e. The van der Waals surface area contributed by atoms with Crippen LogP contribution >= 0.6 is 0 Å². The summed E-state index contributed by atoms with van der Waals surface area (Å²) in [5.74, 6) is -2.55. The van der Waals surface area contributed by atoms with Crippen molar-refractivity contribution in [1.82, 2.24) is 5.32 Å². The number of nitrogens with one attached hydrogen (secondary N) is 1. The summed E-state index contributed by atoms with van der Waals surface area (Å²) >= 11 is 0. The van der Waals surface area contributed by atoms with Crippen LogP contribution in [0.15, 0.2) is 18.2 Å². The molecule has 0 radical (unpaired) electrons. The summed E-state index contributed by atoms with van der Waals surface area (Å²) in [6.45, 7) is 5.00. The van der Waals surface area contributed by atoms with E-state index in [9.17, 15) is 18.4 Å². The minimum atomic E-state index is -1.19. The maximum absolute atomic E-state index is 13.1. The highest BCUT2D eigenvalue weighted by Gasteiger charge is 2.23. The topological polar surface area (TPSA) is 75.6 Å². The zero-order valence-corrected chi connectivity index (χ0v) is 13.4. The molecular weight excluding hydrogens is 308 g/mol. The Labute approximate surface area is 133 Å². The van der Waals surface area contributed by atoms with E-state index in [0.29, 0.717) is 18.4 Å². The molecule has 0 saturated carbocycles. The van der Waals surface area contributed by atoms with Crippen LogP contribution in [0.25, 0.3) is 0 Å². The number of rotatable bonds is 6. The van der Waals surface area contributed by atoms with E-state index >= 15 is 0 Å². The SMILES string of the molecule is CC(C)(C)OC(=O)N[C@@H](CCCc1cc(F)cc(F)c1)C(=O)O. The zero-order valence-electron chi connectivity index (χ0n) is 13.4. The van der Waals surface area contributed by atoms with Crippen molar-refractivity contribution < 1.29 is 28.2 Å². The number of carboxylic acid groups (broad SMARTS) is 1. The molecule has 2 N–H and O–H groups in total. The zero-order chi connectivity index (χ0) is 17.6. The summed E-state index contributed by atoms with van der Waals surface area (Å²) in [6.07, 6.45) is -0.0571. The standard InChI is InChI=1S/C16H21F2NO4/c1-16(2,3)23-15(22)19-13(14(20)21)6-4-5-10-7-11(17)9-12(18)8-10/h7-9,13H,4-6H2,1-3H3,(H,19,22)(H,20,21)/t13-/m0/s1. The first-order valence-electron chi connectivity index (χ1n) is 7.24. The fraction of sp³-hybridized carbons (Fsp3) is 0.500. The molecule has 5 nitrogen and oxygen atoms in total. The van der Waals surface area contributed by atoms with E-state index in [1.165, 1.54) is 12.1 Å². The molecule has 7 heteroatoms. The first kappa shape index (κ1) is 18.9. The molecule has 0 bridgehead atoms. The van der Waals surface area contributed by atoms with Gasteiger partial charge in [-0.3, -0.25) is 0 Å². The second-order valence-corrected chi connectivity index (χ2v) is 6.21. The van der Waals surface area contributed by atoms with Crippen molar-refractivity contribution in [2.75, 3.05) is 0 Å². The number of carbonyl (C=O) groups excluding carboxylic acids is 1. The monoisotopic (exact) mass is 329 g/mol. The molecule has 1 aromatic carbocycles. The average Bonchev–Trinajstić information content (AvgIpc) is 2.33. The summed E-state index contributed by atoms with van der Waals surface area (Å²) in [4.78, 5) is 22.8. The number of hydrogen-bond donors (Lipinski definition) is 2. The van der Waals surface area contributed by atoms with E-state index in [1.807, 2.05) is 0 Å². The minimum Gasteiger partial charge on any atom is -0.480 e. The third-order valence-electron chi connectivity index (χ3n) is 2.87. The quantitative estimate of drug-likeness (QED) is 0.840. The molecule has 0 aliphatic heterocycles. The molecule has 1 atom stereocenters. The van der Waals surface area contributed by atoms with Gasteiger partial charge in [0.25, 0.3) is 0 Å². The first-order valence-corrected chi connectivity index (χ1v) is 7.24. The van der Waals surface area contributed by atoms with Gasteiger partial charge in [0.1, 0.15) is 23.3 Å². The Bertz CT molecular complexity index is 549. The van der Waals surface area contributed by atoms with Crippen molar-refractivity contribution in [2.24, 2.45) is 0 Å². The van der Waals surface area contributed by atoms with Crippen molar-refractivity contribution in [3.05, 3.63) is 35.4 Å². The Hall–Kier alpha value is -2.18. The van der Waals surface area contributed by atoms with E-state index in [2.05, 4.69) is 5.32 Å². The number of carboxylic acids is 1. The number of amides is 1. The molecule has 0 unspecified atom stereocenters. The highest BCUT2D eigenvalue weighted by molar-refractivity contribution is 5.79. The van der Waals surface area contributed by atoms with Gasteiger partial charge in [0, 0.05) is 6.07 Å². The van der Waals surface area contributed by atoms with Gasteiger partial charge < -0.3 is 15.2 Å². The highest BCUT2D eigenvalue weighted by atomic mass is 19.1. The van der Waals surface area contributed by atoms with E-state index in [-0.39, 0.29) is 6.42 Å². The predicted octanol–water partition coefficient (Wildman–Crippen LogP) is 3.27. The number of aliphatic carboxylic acids is 1. The van der Waals surface area contributed by atoms with Gasteiger partial charge in [-0.1, -0.05) is 0 Å². The molecule has 0 fully saturated rings. The van der Waals surface area contributed by atoms with Crippen LogP contribution in [0.1, 0.15) is 39.2 Å². The van der Waals surface area contributed by atoms with Crippen LogP contribution in [-0.2, 0) is 16.0 Å². The minimum absolute atomic E-state index is 0.118. The van der Waals surface area contributed by atoms with Gasteiger partial charge in [-0.05, 0) is 57.7 Å². The van der Waals surface area contributed by atoms with Crippen LogP contribution in [-0.4, -0.2) is 28.8 Å². The maximum atomic E-state index is 13.1.